The number of aromatic nitrogens is 2. The molecule has 1 aromatic heterocycles. The summed E-state index contributed by atoms with van der Waals surface area (Å²) in [4.78, 5) is 19.7. The Hall–Kier alpha value is -2.02. The maximum Gasteiger partial charge on any atom is 0.254 e. The maximum atomic E-state index is 13.6. The number of hydrogen-bond donors (Lipinski definition) is 0. The van der Waals surface area contributed by atoms with Crippen molar-refractivity contribution in [2.75, 3.05) is 19.7 Å². The molecular weight excluding hydrogens is 424 g/mol. The van der Waals surface area contributed by atoms with Crippen LogP contribution < -0.4 is 0 Å². The Morgan fingerprint density at radius 1 is 1.12 bits per heavy atom. The van der Waals surface area contributed by atoms with Gasteiger partial charge in [-0.1, -0.05) is 20.8 Å². The zero-order valence-corrected chi connectivity index (χ0v) is 19.9. The Morgan fingerprint density at radius 3 is 2.45 bits per heavy atom. The minimum absolute atomic E-state index is 0.0181. The second-order valence-electron chi connectivity index (χ2n) is 11.4. The number of halogens is 2. The summed E-state index contributed by atoms with van der Waals surface area (Å²) in [7, 11) is 0. The van der Waals surface area contributed by atoms with E-state index in [-0.39, 0.29) is 36.2 Å². The third kappa shape index (κ3) is 4.93. The third-order valence-corrected chi connectivity index (χ3v) is 7.34. The van der Waals surface area contributed by atoms with E-state index in [1.54, 1.807) is 0 Å². The lowest BCUT2D eigenvalue weighted by Crippen LogP contribution is -2.54. The molecule has 3 fully saturated rings. The summed E-state index contributed by atoms with van der Waals surface area (Å²) in [5.41, 5.74) is 2.23. The van der Waals surface area contributed by atoms with Crippen LogP contribution in [0.15, 0.2) is 18.2 Å². The number of amides is 1. The van der Waals surface area contributed by atoms with E-state index in [1.165, 1.54) is 12.8 Å². The molecule has 1 amide bonds. The number of imidazole rings is 1. The number of alkyl halides is 2. The summed E-state index contributed by atoms with van der Waals surface area (Å²) in [5, 5.41) is 0. The highest BCUT2D eigenvalue weighted by molar-refractivity contribution is 5.98. The van der Waals surface area contributed by atoms with Crippen LogP contribution in [0.3, 0.4) is 0 Å². The second kappa shape index (κ2) is 8.33. The fraction of sp³-hybridized carbons (Fsp3) is 0.692. The SMILES string of the molecule is CC(C)(C)c1nc2cc(C(=O)N3CC(OCC4CC4)C3)ccc2n1CC1CCC(F)(F)CC1. The van der Waals surface area contributed by atoms with Gasteiger partial charge in [-0.05, 0) is 55.7 Å². The van der Waals surface area contributed by atoms with E-state index in [1.807, 2.05) is 23.1 Å². The summed E-state index contributed by atoms with van der Waals surface area (Å²) >= 11 is 0. The average Bonchev–Trinajstić information content (AvgIpc) is 3.47. The molecule has 3 aliphatic rings. The van der Waals surface area contributed by atoms with Crippen LogP contribution in [0, 0.1) is 11.8 Å². The van der Waals surface area contributed by atoms with Crippen molar-refractivity contribution in [2.24, 2.45) is 11.8 Å². The Balaban J connectivity index is 1.32. The zero-order valence-electron chi connectivity index (χ0n) is 19.9. The largest absolute Gasteiger partial charge is 0.374 e. The highest BCUT2D eigenvalue weighted by Gasteiger charge is 2.36. The number of carbonyl (C=O) groups is 1. The molecule has 1 saturated heterocycles. The van der Waals surface area contributed by atoms with E-state index >= 15 is 0 Å². The molecular formula is C26H35F2N3O2. The molecule has 2 saturated carbocycles. The van der Waals surface area contributed by atoms with E-state index in [9.17, 15) is 13.6 Å². The van der Waals surface area contributed by atoms with Crippen molar-refractivity contribution in [1.82, 2.24) is 14.5 Å². The predicted octanol–water partition coefficient (Wildman–Crippen LogP) is 5.41. The third-order valence-electron chi connectivity index (χ3n) is 7.34. The summed E-state index contributed by atoms with van der Waals surface area (Å²) in [5.74, 6) is -0.608. The number of nitrogens with zero attached hydrogens (tertiary/aromatic N) is 3. The lowest BCUT2D eigenvalue weighted by atomic mass is 9.86. The van der Waals surface area contributed by atoms with Gasteiger partial charge in [-0.25, -0.2) is 13.8 Å². The molecule has 2 heterocycles. The van der Waals surface area contributed by atoms with Gasteiger partial charge in [0.1, 0.15) is 5.82 Å². The van der Waals surface area contributed by atoms with Crippen molar-refractivity contribution in [1.29, 1.82) is 0 Å². The molecule has 2 aliphatic carbocycles. The zero-order chi connectivity index (χ0) is 23.4. The quantitative estimate of drug-likeness (QED) is 0.580. The average molecular weight is 460 g/mol. The Kier molecular flexibility index (Phi) is 5.74. The van der Waals surface area contributed by atoms with E-state index < -0.39 is 5.92 Å². The van der Waals surface area contributed by atoms with Crippen LogP contribution in [0.5, 0.6) is 0 Å². The topological polar surface area (TPSA) is 47.4 Å². The molecule has 180 valence electrons. The van der Waals surface area contributed by atoms with E-state index in [0.29, 0.717) is 38.0 Å². The summed E-state index contributed by atoms with van der Waals surface area (Å²) in [6.07, 6.45) is 3.70. The van der Waals surface area contributed by atoms with Crippen molar-refractivity contribution in [3.63, 3.8) is 0 Å². The molecule has 0 spiro atoms. The number of rotatable bonds is 6. The van der Waals surface area contributed by atoms with E-state index in [4.69, 9.17) is 9.72 Å². The first kappa shape index (κ1) is 22.8. The molecule has 33 heavy (non-hydrogen) atoms. The monoisotopic (exact) mass is 459 g/mol. The number of hydrogen-bond acceptors (Lipinski definition) is 3. The first-order valence-electron chi connectivity index (χ1n) is 12.4. The molecule has 0 atom stereocenters. The summed E-state index contributed by atoms with van der Waals surface area (Å²) in [6, 6.07) is 5.74. The molecule has 1 aromatic carbocycles. The van der Waals surface area contributed by atoms with E-state index in [2.05, 4.69) is 25.3 Å². The normalized spacial score (nSPS) is 22.0. The van der Waals surface area contributed by atoms with Gasteiger partial charge >= 0.3 is 0 Å². The molecule has 1 aliphatic heterocycles. The maximum absolute atomic E-state index is 13.6. The molecule has 0 N–H and O–H groups in total. The standard InChI is InChI=1S/C26H35F2N3O2/c1-25(2,3)24-29-21-12-19(23(32)30-14-20(15-30)33-16-18-4-5-18)6-7-22(21)31(24)13-17-8-10-26(27,28)11-9-17/h6-7,12,17-18,20H,4-5,8-11,13-16H2,1-3H3. The fourth-order valence-electron chi connectivity index (χ4n) is 5.01. The van der Waals surface area contributed by atoms with Crippen LogP contribution in [-0.4, -0.2) is 52.1 Å². The lowest BCUT2D eigenvalue weighted by Gasteiger charge is -2.39. The van der Waals surface area contributed by atoms with Crippen molar-refractivity contribution in [3.05, 3.63) is 29.6 Å². The molecule has 0 radical (unpaired) electrons. The highest BCUT2D eigenvalue weighted by atomic mass is 19.3. The first-order chi connectivity index (χ1) is 15.6. The number of carbonyl (C=O) groups excluding carboxylic acids is 1. The van der Waals surface area contributed by atoms with Gasteiger partial charge in [0.05, 0.1) is 17.1 Å². The number of fused-ring (bicyclic) bond motifs is 1. The molecule has 2 aromatic rings. The van der Waals surface area contributed by atoms with Crippen molar-refractivity contribution in [2.45, 2.75) is 83.3 Å². The fourth-order valence-corrected chi connectivity index (χ4v) is 5.01. The van der Waals surface area contributed by atoms with Gasteiger partial charge in [0.25, 0.3) is 5.91 Å². The van der Waals surface area contributed by atoms with Gasteiger partial charge in [-0.3, -0.25) is 4.79 Å². The van der Waals surface area contributed by atoms with Gasteiger partial charge in [0, 0.05) is 50.1 Å². The molecule has 0 unspecified atom stereocenters. The van der Waals surface area contributed by atoms with E-state index in [0.717, 1.165) is 29.4 Å². The lowest BCUT2D eigenvalue weighted by molar-refractivity contribution is -0.0473. The van der Waals surface area contributed by atoms with Crippen LogP contribution in [-0.2, 0) is 16.7 Å². The van der Waals surface area contributed by atoms with Crippen LogP contribution in [0.25, 0.3) is 11.0 Å². The smallest absolute Gasteiger partial charge is 0.254 e. The second-order valence-corrected chi connectivity index (χ2v) is 11.4. The van der Waals surface area contributed by atoms with Crippen LogP contribution >= 0.6 is 0 Å². The van der Waals surface area contributed by atoms with Crippen molar-refractivity contribution >= 4 is 16.9 Å². The number of likely N-dealkylation sites (tertiary alicyclic amines) is 1. The van der Waals surface area contributed by atoms with Gasteiger partial charge < -0.3 is 14.2 Å². The molecule has 5 rings (SSSR count). The van der Waals surface area contributed by atoms with Gasteiger partial charge in [0.15, 0.2) is 0 Å². The minimum Gasteiger partial charge on any atom is -0.374 e. The molecule has 5 nitrogen and oxygen atoms in total. The van der Waals surface area contributed by atoms with Crippen LogP contribution in [0.2, 0.25) is 0 Å². The molecule has 7 heteroatoms. The summed E-state index contributed by atoms with van der Waals surface area (Å²) in [6.45, 7) is 9.17. The Morgan fingerprint density at radius 2 is 1.82 bits per heavy atom. The van der Waals surface area contributed by atoms with Crippen molar-refractivity contribution in [3.8, 4) is 0 Å². The van der Waals surface area contributed by atoms with Gasteiger partial charge in [-0.15, -0.1) is 0 Å². The predicted molar refractivity (Wildman–Crippen MR) is 124 cm³/mol. The highest BCUT2D eigenvalue weighted by Crippen LogP contribution is 2.38. The first-order valence-corrected chi connectivity index (χ1v) is 12.4. The van der Waals surface area contributed by atoms with Crippen LogP contribution in [0.1, 0.15) is 75.5 Å². The van der Waals surface area contributed by atoms with Crippen molar-refractivity contribution < 1.29 is 18.3 Å². The minimum atomic E-state index is -2.52. The Bertz CT molecular complexity index is 1020. The molecule has 0 bridgehead atoms. The van der Waals surface area contributed by atoms with Gasteiger partial charge in [0.2, 0.25) is 5.92 Å². The van der Waals surface area contributed by atoms with Crippen LogP contribution in [0.4, 0.5) is 8.78 Å². The number of benzene rings is 1. The summed E-state index contributed by atoms with van der Waals surface area (Å²) < 4.78 is 35.4. The number of ether oxygens (including phenoxy) is 1. The van der Waals surface area contributed by atoms with Gasteiger partial charge in [-0.2, -0.15) is 0 Å². The Labute approximate surface area is 194 Å².